The number of quaternary nitrogens is 1. The molecule has 0 N–H and O–H groups in total. The van der Waals surface area contributed by atoms with Gasteiger partial charge in [-0.2, -0.15) is 0 Å². The SMILES string of the molecule is C[N+]1(C)CCCCC1CCN(C1=Cc2ccccc2C1)c1ccccn1. The molecule has 1 aromatic carbocycles. The van der Waals surface area contributed by atoms with Crippen molar-refractivity contribution in [2.75, 3.05) is 32.1 Å². The first-order chi connectivity index (χ1) is 12.6. The minimum atomic E-state index is 0.749. The van der Waals surface area contributed by atoms with Crippen molar-refractivity contribution in [2.45, 2.75) is 38.1 Å². The third-order valence-corrected chi connectivity index (χ3v) is 6.22. The lowest BCUT2D eigenvalue weighted by Crippen LogP contribution is -2.52. The van der Waals surface area contributed by atoms with Crippen LogP contribution in [-0.4, -0.2) is 42.7 Å². The van der Waals surface area contributed by atoms with Gasteiger partial charge >= 0.3 is 0 Å². The number of fused-ring (bicyclic) bond motifs is 1. The zero-order valence-corrected chi connectivity index (χ0v) is 16.1. The number of hydrogen-bond donors (Lipinski definition) is 0. The van der Waals surface area contributed by atoms with Crippen molar-refractivity contribution in [2.24, 2.45) is 0 Å². The van der Waals surface area contributed by atoms with E-state index in [1.54, 1.807) is 0 Å². The van der Waals surface area contributed by atoms with Crippen LogP contribution in [0.25, 0.3) is 6.08 Å². The van der Waals surface area contributed by atoms with E-state index in [0.29, 0.717) is 0 Å². The van der Waals surface area contributed by atoms with Crippen molar-refractivity contribution in [1.29, 1.82) is 0 Å². The van der Waals surface area contributed by atoms with Crippen molar-refractivity contribution in [3.8, 4) is 0 Å². The van der Waals surface area contributed by atoms with Gasteiger partial charge in [-0.25, -0.2) is 4.98 Å². The molecule has 1 aromatic heterocycles. The number of rotatable bonds is 5. The molecule has 1 aliphatic carbocycles. The van der Waals surface area contributed by atoms with Gasteiger partial charge in [-0.05, 0) is 48.6 Å². The van der Waals surface area contributed by atoms with Crippen LogP contribution in [0.2, 0.25) is 0 Å². The second-order valence-electron chi connectivity index (χ2n) is 8.29. The van der Waals surface area contributed by atoms with Crippen molar-refractivity contribution >= 4 is 11.9 Å². The van der Waals surface area contributed by atoms with Gasteiger partial charge in [0.2, 0.25) is 0 Å². The Kier molecular flexibility index (Phi) is 4.82. The molecule has 3 heteroatoms. The molecule has 0 radical (unpaired) electrons. The fourth-order valence-electron chi connectivity index (χ4n) is 4.56. The van der Waals surface area contributed by atoms with E-state index in [1.165, 1.54) is 49.1 Å². The van der Waals surface area contributed by atoms with Crippen LogP contribution < -0.4 is 4.90 Å². The van der Waals surface area contributed by atoms with Crippen LogP contribution in [0.15, 0.2) is 54.4 Å². The molecular formula is C23H30N3+. The smallest absolute Gasteiger partial charge is 0.132 e. The summed E-state index contributed by atoms with van der Waals surface area (Å²) in [7, 11) is 4.80. The maximum atomic E-state index is 4.67. The molecule has 0 spiro atoms. The Labute approximate surface area is 157 Å². The highest BCUT2D eigenvalue weighted by atomic mass is 15.3. The molecule has 1 fully saturated rings. The third kappa shape index (κ3) is 3.54. The first-order valence-electron chi connectivity index (χ1n) is 9.93. The van der Waals surface area contributed by atoms with Gasteiger partial charge in [0.25, 0.3) is 0 Å². The van der Waals surface area contributed by atoms with Crippen LogP contribution in [0.4, 0.5) is 5.82 Å². The maximum Gasteiger partial charge on any atom is 0.132 e. The van der Waals surface area contributed by atoms with E-state index in [0.717, 1.165) is 29.3 Å². The van der Waals surface area contributed by atoms with Gasteiger partial charge in [0.15, 0.2) is 0 Å². The summed E-state index contributed by atoms with van der Waals surface area (Å²) in [6.45, 7) is 2.35. The van der Waals surface area contributed by atoms with Crippen LogP contribution in [-0.2, 0) is 6.42 Å². The quantitative estimate of drug-likeness (QED) is 0.740. The highest BCUT2D eigenvalue weighted by Gasteiger charge is 2.32. The number of allylic oxidation sites excluding steroid dienone is 1. The van der Waals surface area contributed by atoms with Crippen LogP contribution in [0.1, 0.15) is 36.8 Å². The van der Waals surface area contributed by atoms with Gasteiger partial charge < -0.3 is 9.38 Å². The van der Waals surface area contributed by atoms with E-state index in [1.807, 2.05) is 12.3 Å². The molecule has 1 saturated heterocycles. The molecule has 3 nitrogen and oxygen atoms in total. The Balaban J connectivity index is 1.55. The summed E-state index contributed by atoms with van der Waals surface area (Å²) in [5, 5.41) is 0. The summed E-state index contributed by atoms with van der Waals surface area (Å²) < 4.78 is 1.16. The average molecular weight is 349 g/mol. The van der Waals surface area contributed by atoms with Crippen LogP contribution >= 0.6 is 0 Å². The lowest BCUT2D eigenvalue weighted by atomic mass is 9.97. The summed E-state index contributed by atoms with van der Waals surface area (Å²) in [5.41, 5.74) is 4.17. The molecule has 0 amide bonds. The van der Waals surface area contributed by atoms with Gasteiger partial charge in [0.05, 0.1) is 26.7 Å². The van der Waals surface area contributed by atoms with Crippen molar-refractivity contribution in [3.63, 3.8) is 0 Å². The lowest BCUT2D eigenvalue weighted by Gasteiger charge is -2.42. The Morgan fingerprint density at radius 2 is 1.92 bits per heavy atom. The summed E-state index contributed by atoms with van der Waals surface area (Å²) in [6.07, 6.45) is 10.6. The molecule has 1 atom stereocenters. The Hall–Kier alpha value is -2.13. The topological polar surface area (TPSA) is 16.1 Å². The monoisotopic (exact) mass is 348 g/mol. The molecule has 2 aromatic rings. The normalized spacial score (nSPS) is 21.2. The first kappa shape index (κ1) is 17.3. The number of pyridine rings is 1. The Morgan fingerprint density at radius 1 is 1.08 bits per heavy atom. The Morgan fingerprint density at radius 3 is 2.69 bits per heavy atom. The summed E-state index contributed by atoms with van der Waals surface area (Å²) in [4.78, 5) is 7.12. The predicted octanol–water partition coefficient (Wildman–Crippen LogP) is 4.50. The van der Waals surface area contributed by atoms with Crippen molar-refractivity contribution in [3.05, 3.63) is 65.5 Å². The number of hydrogen-bond acceptors (Lipinski definition) is 2. The molecule has 1 unspecified atom stereocenters. The largest absolute Gasteiger partial charge is 0.330 e. The molecular weight excluding hydrogens is 318 g/mol. The van der Waals surface area contributed by atoms with Gasteiger partial charge in [-0.1, -0.05) is 30.3 Å². The number of piperidine rings is 1. The molecule has 0 saturated carbocycles. The second kappa shape index (κ2) is 7.24. The van der Waals surface area contributed by atoms with Crippen LogP contribution in [0, 0.1) is 0 Å². The number of nitrogens with zero attached hydrogens (tertiary/aromatic N) is 3. The highest BCUT2D eigenvalue weighted by molar-refractivity contribution is 5.68. The fourth-order valence-corrected chi connectivity index (χ4v) is 4.56. The molecule has 1 aliphatic heterocycles. The van der Waals surface area contributed by atoms with E-state index in [-0.39, 0.29) is 0 Å². The van der Waals surface area contributed by atoms with E-state index >= 15 is 0 Å². The summed E-state index contributed by atoms with van der Waals surface area (Å²) in [6, 6.07) is 15.7. The van der Waals surface area contributed by atoms with E-state index in [4.69, 9.17) is 0 Å². The summed E-state index contributed by atoms with van der Waals surface area (Å²) in [5.74, 6) is 1.08. The number of aromatic nitrogens is 1. The standard InChI is InChI=1S/C23H30N3/c1-26(2)16-8-6-11-22(26)13-15-25(23-12-5-7-14-24-23)21-17-19-9-3-4-10-20(19)18-21/h3-5,7,9-10,12,14,17,22H,6,8,11,13,15-16,18H2,1-2H3/q+1. The average Bonchev–Trinajstić information content (AvgIpc) is 3.07. The molecule has 136 valence electrons. The maximum absolute atomic E-state index is 4.67. The molecule has 2 aliphatic rings. The van der Waals surface area contributed by atoms with Gasteiger partial charge in [-0.3, -0.25) is 0 Å². The molecule has 0 bridgehead atoms. The minimum Gasteiger partial charge on any atom is -0.330 e. The van der Waals surface area contributed by atoms with Gasteiger partial charge in [-0.15, -0.1) is 0 Å². The van der Waals surface area contributed by atoms with E-state index in [9.17, 15) is 0 Å². The fraction of sp³-hybridized carbons (Fsp3) is 0.435. The number of anilines is 1. The molecule has 2 heterocycles. The van der Waals surface area contributed by atoms with Crippen molar-refractivity contribution < 1.29 is 4.48 Å². The van der Waals surface area contributed by atoms with Crippen molar-refractivity contribution in [1.82, 2.24) is 4.98 Å². The Bertz CT molecular complexity index is 779. The van der Waals surface area contributed by atoms with Gasteiger partial charge in [0.1, 0.15) is 5.82 Å². The van der Waals surface area contributed by atoms with Crippen LogP contribution in [0.5, 0.6) is 0 Å². The first-order valence-corrected chi connectivity index (χ1v) is 9.93. The van der Waals surface area contributed by atoms with Gasteiger partial charge in [0, 0.05) is 31.3 Å². The highest BCUT2D eigenvalue weighted by Crippen LogP contribution is 2.31. The molecule has 4 rings (SSSR count). The minimum absolute atomic E-state index is 0.749. The molecule has 26 heavy (non-hydrogen) atoms. The number of likely N-dealkylation sites (tertiary alicyclic amines) is 1. The second-order valence-corrected chi connectivity index (χ2v) is 8.29. The van der Waals surface area contributed by atoms with E-state index in [2.05, 4.69) is 66.5 Å². The summed E-state index contributed by atoms with van der Waals surface area (Å²) >= 11 is 0. The van der Waals surface area contributed by atoms with Crippen LogP contribution in [0.3, 0.4) is 0 Å². The lowest BCUT2D eigenvalue weighted by molar-refractivity contribution is -0.920. The number of benzene rings is 1. The predicted molar refractivity (Wildman–Crippen MR) is 109 cm³/mol. The third-order valence-electron chi connectivity index (χ3n) is 6.22. The van der Waals surface area contributed by atoms with E-state index < -0.39 is 0 Å². The zero-order valence-electron chi connectivity index (χ0n) is 16.1. The zero-order chi connectivity index (χ0) is 18.0.